The molecule has 5 nitrogen and oxygen atoms in total. The summed E-state index contributed by atoms with van der Waals surface area (Å²) >= 11 is 6.07. The van der Waals surface area contributed by atoms with Gasteiger partial charge in [0.15, 0.2) is 0 Å². The highest BCUT2D eigenvalue weighted by Gasteiger charge is 2.24. The number of nitrogens with zero attached hydrogens (tertiary/aromatic N) is 3. The van der Waals surface area contributed by atoms with Crippen LogP contribution in [0.3, 0.4) is 0 Å². The first kappa shape index (κ1) is 13.8. The van der Waals surface area contributed by atoms with Gasteiger partial charge >= 0.3 is 0 Å². The molecule has 1 aromatic heterocycles. The Morgan fingerprint density at radius 3 is 2.32 bits per heavy atom. The molecule has 2 heterocycles. The van der Waals surface area contributed by atoms with E-state index in [1.54, 1.807) is 15.9 Å². The van der Waals surface area contributed by atoms with Gasteiger partial charge in [0.25, 0.3) is 5.91 Å². The second-order valence-corrected chi connectivity index (χ2v) is 5.01. The van der Waals surface area contributed by atoms with Gasteiger partial charge in [-0.2, -0.15) is 0 Å². The minimum Gasteiger partial charge on any atom is -0.339 e. The first-order valence-corrected chi connectivity index (χ1v) is 6.54. The van der Waals surface area contributed by atoms with Crippen LogP contribution in [0.1, 0.15) is 23.0 Å². The molecular weight excluding hydrogens is 266 g/mol. The average Bonchev–Trinajstić information content (AvgIpc) is 2.38. The standard InChI is InChI=1S/C13H16ClN3O2/c1-9-7-12(14)11(8-15-9)13(19)17-5-3-16(4-6-17)10(2)18/h7-8H,3-6H2,1-2H3. The summed E-state index contributed by atoms with van der Waals surface area (Å²) in [5, 5.41) is 0.423. The van der Waals surface area contributed by atoms with Crippen LogP contribution in [0.25, 0.3) is 0 Å². The van der Waals surface area contributed by atoms with Crippen LogP contribution in [0.15, 0.2) is 12.3 Å². The summed E-state index contributed by atoms with van der Waals surface area (Å²) in [5.41, 5.74) is 1.20. The van der Waals surface area contributed by atoms with Crippen molar-refractivity contribution in [1.82, 2.24) is 14.8 Å². The number of carbonyl (C=O) groups excluding carboxylic acids is 2. The van der Waals surface area contributed by atoms with Crippen molar-refractivity contribution in [3.8, 4) is 0 Å². The van der Waals surface area contributed by atoms with Gasteiger partial charge in [0, 0.05) is 45.0 Å². The number of carbonyl (C=O) groups is 2. The Bertz CT molecular complexity index is 511. The zero-order valence-corrected chi connectivity index (χ0v) is 11.8. The van der Waals surface area contributed by atoms with Crippen LogP contribution in [0.5, 0.6) is 0 Å². The first-order chi connectivity index (χ1) is 8.99. The lowest BCUT2D eigenvalue weighted by Gasteiger charge is -2.34. The molecule has 0 bridgehead atoms. The van der Waals surface area contributed by atoms with Gasteiger partial charge in [-0.25, -0.2) is 0 Å². The van der Waals surface area contributed by atoms with Crippen molar-refractivity contribution in [1.29, 1.82) is 0 Å². The lowest BCUT2D eigenvalue weighted by molar-refractivity contribution is -0.130. The molecule has 0 atom stereocenters. The Balaban J connectivity index is 2.07. The van der Waals surface area contributed by atoms with Gasteiger partial charge in [0.1, 0.15) is 0 Å². The number of rotatable bonds is 1. The lowest BCUT2D eigenvalue weighted by Crippen LogP contribution is -2.50. The van der Waals surface area contributed by atoms with Crippen molar-refractivity contribution in [3.05, 3.63) is 28.5 Å². The molecule has 19 heavy (non-hydrogen) atoms. The van der Waals surface area contributed by atoms with E-state index >= 15 is 0 Å². The monoisotopic (exact) mass is 281 g/mol. The summed E-state index contributed by atoms with van der Waals surface area (Å²) in [5.74, 6) is -0.0807. The van der Waals surface area contributed by atoms with Crippen molar-refractivity contribution < 1.29 is 9.59 Å². The van der Waals surface area contributed by atoms with Crippen molar-refractivity contribution in [2.24, 2.45) is 0 Å². The van der Waals surface area contributed by atoms with E-state index in [2.05, 4.69) is 4.98 Å². The van der Waals surface area contributed by atoms with Gasteiger partial charge in [-0.05, 0) is 13.0 Å². The summed E-state index contributed by atoms with van der Waals surface area (Å²) in [6.45, 7) is 5.56. The van der Waals surface area contributed by atoms with Gasteiger partial charge < -0.3 is 9.80 Å². The van der Waals surface area contributed by atoms with Gasteiger partial charge in [0.05, 0.1) is 10.6 Å². The van der Waals surface area contributed by atoms with Gasteiger partial charge in [-0.1, -0.05) is 11.6 Å². The van der Waals surface area contributed by atoms with Crippen LogP contribution < -0.4 is 0 Å². The Morgan fingerprint density at radius 2 is 1.79 bits per heavy atom. The summed E-state index contributed by atoms with van der Waals surface area (Å²) in [7, 11) is 0. The fourth-order valence-electron chi connectivity index (χ4n) is 2.08. The van der Waals surface area contributed by atoms with E-state index in [-0.39, 0.29) is 11.8 Å². The molecule has 2 amide bonds. The van der Waals surface area contributed by atoms with E-state index < -0.39 is 0 Å². The maximum Gasteiger partial charge on any atom is 0.257 e. The topological polar surface area (TPSA) is 53.5 Å². The van der Waals surface area contributed by atoms with E-state index in [0.717, 1.165) is 5.69 Å². The molecule has 0 unspecified atom stereocenters. The molecule has 102 valence electrons. The molecule has 0 spiro atoms. The largest absolute Gasteiger partial charge is 0.339 e. The van der Waals surface area contributed by atoms with Gasteiger partial charge in [-0.15, -0.1) is 0 Å². The molecule has 2 rings (SSSR count). The van der Waals surface area contributed by atoms with E-state index in [1.807, 2.05) is 6.92 Å². The predicted octanol–water partition coefficient (Wildman–Crippen LogP) is 1.35. The van der Waals surface area contributed by atoms with Crippen molar-refractivity contribution in [3.63, 3.8) is 0 Å². The third-order valence-corrected chi connectivity index (χ3v) is 3.55. The maximum absolute atomic E-state index is 12.3. The molecule has 0 aliphatic carbocycles. The Morgan fingerprint density at radius 1 is 1.21 bits per heavy atom. The highest BCUT2D eigenvalue weighted by atomic mass is 35.5. The Labute approximate surface area is 117 Å². The molecule has 1 aliphatic rings. The zero-order valence-electron chi connectivity index (χ0n) is 11.0. The number of aromatic nitrogens is 1. The van der Waals surface area contributed by atoms with Crippen molar-refractivity contribution >= 4 is 23.4 Å². The summed E-state index contributed by atoms with van der Waals surface area (Å²) in [6, 6.07) is 1.68. The van der Waals surface area contributed by atoms with Gasteiger partial charge in [-0.3, -0.25) is 14.6 Å². The second-order valence-electron chi connectivity index (χ2n) is 4.60. The van der Waals surface area contributed by atoms with Crippen LogP contribution in [0, 0.1) is 6.92 Å². The van der Waals surface area contributed by atoms with E-state index in [1.165, 1.54) is 13.1 Å². The molecule has 0 saturated carbocycles. The summed E-state index contributed by atoms with van der Waals surface area (Å²) in [4.78, 5) is 31.1. The molecule has 1 aromatic rings. The molecule has 1 saturated heterocycles. The van der Waals surface area contributed by atoms with Crippen molar-refractivity contribution in [2.75, 3.05) is 26.2 Å². The van der Waals surface area contributed by atoms with E-state index in [4.69, 9.17) is 11.6 Å². The first-order valence-electron chi connectivity index (χ1n) is 6.16. The number of amides is 2. The van der Waals surface area contributed by atoms with E-state index in [9.17, 15) is 9.59 Å². The van der Waals surface area contributed by atoms with Crippen LogP contribution in [-0.4, -0.2) is 52.8 Å². The molecule has 1 fully saturated rings. The maximum atomic E-state index is 12.3. The van der Waals surface area contributed by atoms with Crippen molar-refractivity contribution in [2.45, 2.75) is 13.8 Å². The lowest BCUT2D eigenvalue weighted by atomic mass is 10.2. The minimum absolute atomic E-state index is 0.0436. The number of hydrogen-bond acceptors (Lipinski definition) is 3. The number of pyridine rings is 1. The molecule has 0 N–H and O–H groups in total. The predicted molar refractivity (Wildman–Crippen MR) is 72.1 cm³/mol. The summed E-state index contributed by atoms with van der Waals surface area (Å²) in [6.07, 6.45) is 1.51. The smallest absolute Gasteiger partial charge is 0.257 e. The number of aryl methyl sites for hydroxylation is 1. The number of hydrogen-bond donors (Lipinski definition) is 0. The Kier molecular flexibility index (Phi) is 4.04. The van der Waals surface area contributed by atoms with Crippen LogP contribution in [0.4, 0.5) is 0 Å². The third-order valence-electron chi connectivity index (χ3n) is 3.23. The normalized spacial score (nSPS) is 15.5. The number of halogens is 1. The van der Waals surface area contributed by atoms with Crippen LogP contribution >= 0.6 is 11.6 Å². The van der Waals surface area contributed by atoms with E-state index in [0.29, 0.717) is 36.8 Å². The molecule has 0 radical (unpaired) electrons. The quantitative estimate of drug-likeness (QED) is 0.781. The van der Waals surface area contributed by atoms with Gasteiger partial charge in [0.2, 0.25) is 5.91 Å². The Hall–Kier alpha value is -1.62. The SMILES string of the molecule is CC(=O)N1CCN(C(=O)c2cnc(C)cc2Cl)CC1. The molecule has 0 aromatic carbocycles. The fraction of sp³-hybridized carbons (Fsp3) is 0.462. The highest BCUT2D eigenvalue weighted by molar-refractivity contribution is 6.33. The average molecular weight is 282 g/mol. The third kappa shape index (κ3) is 3.04. The zero-order chi connectivity index (χ0) is 14.0. The fourth-order valence-corrected chi connectivity index (χ4v) is 2.37. The molecule has 1 aliphatic heterocycles. The minimum atomic E-state index is -0.124. The van der Waals surface area contributed by atoms with Crippen LogP contribution in [-0.2, 0) is 4.79 Å². The second kappa shape index (κ2) is 5.57. The molecular formula is C13H16ClN3O2. The molecule has 6 heteroatoms. The van der Waals surface area contributed by atoms with Crippen LogP contribution in [0.2, 0.25) is 5.02 Å². The highest BCUT2D eigenvalue weighted by Crippen LogP contribution is 2.18. The summed E-state index contributed by atoms with van der Waals surface area (Å²) < 4.78 is 0. The number of piperazine rings is 1.